The summed E-state index contributed by atoms with van der Waals surface area (Å²) in [6.07, 6.45) is 3.37. The molecule has 0 aliphatic rings. The van der Waals surface area contributed by atoms with E-state index < -0.39 is 0 Å². The van der Waals surface area contributed by atoms with Gasteiger partial charge in [-0.25, -0.2) is 4.98 Å². The molecule has 1 N–H and O–H groups in total. The van der Waals surface area contributed by atoms with Crippen LogP contribution in [0.4, 0.5) is 5.82 Å². The minimum absolute atomic E-state index is 0.171. The van der Waals surface area contributed by atoms with Gasteiger partial charge in [-0.05, 0) is 36.2 Å². The van der Waals surface area contributed by atoms with Crippen molar-refractivity contribution in [1.29, 1.82) is 0 Å². The highest BCUT2D eigenvalue weighted by Gasteiger charge is 2.12. The molecule has 0 radical (unpaired) electrons. The number of fused-ring (bicyclic) bond motifs is 1. The number of aromatic nitrogens is 3. The lowest BCUT2D eigenvalue weighted by molar-refractivity contribution is 0.340. The monoisotopic (exact) mass is 386 g/mol. The topological polar surface area (TPSA) is 69.0 Å². The highest BCUT2D eigenvalue weighted by atomic mass is 16.5. The minimum Gasteiger partial charge on any atom is -0.494 e. The highest BCUT2D eigenvalue weighted by Crippen LogP contribution is 2.16. The maximum absolute atomic E-state index is 13.2. The molecule has 0 aliphatic carbocycles. The Kier molecular flexibility index (Phi) is 5.52. The van der Waals surface area contributed by atoms with Crippen molar-refractivity contribution in [2.45, 2.75) is 20.0 Å². The molecule has 2 heterocycles. The van der Waals surface area contributed by atoms with E-state index in [0.29, 0.717) is 31.0 Å². The van der Waals surface area contributed by atoms with Crippen LogP contribution < -0.4 is 15.6 Å². The molecule has 0 bridgehead atoms. The summed E-state index contributed by atoms with van der Waals surface area (Å²) in [6.45, 7) is 3.50. The molecule has 29 heavy (non-hydrogen) atoms. The molecule has 0 aliphatic heterocycles. The molecule has 146 valence electrons. The summed E-state index contributed by atoms with van der Waals surface area (Å²) in [5.41, 5.74) is 3.32. The summed E-state index contributed by atoms with van der Waals surface area (Å²) in [5.74, 6) is 1.13. The quantitative estimate of drug-likeness (QED) is 0.522. The van der Waals surface area contributed by atoms with Crippen molar-refractivity contribution in [3.8, 4) is 5.75 Å². The van der Waals surface area contributed by atoms with Crippen molar-refractivity contribution in [2.24, 2.45) is 0 Å². The Morgan fingerprint density at radius 1 is 1.03 bits per heavy atom. The van der Waals surface area contributed by atoms with Crippen molar-refractivity contribution in [1.82, 2.24) is 14.5 Å². The average Bonchev–Trinajstić information content (AvgIpc) is 2.76. The third-order valence-electron chi connectivity index (χ3n) is 4.60. The highest BCUT2D eigenvalue weighted by molar-refractivity contribution is 5.75. The summed E-state index contributed by atoms with van der Waals surface area (Å²) in [4.78, 5) is 21.9. The van der Waals surface area contributed by atoms with Crippen LogP contribution in [0.15, 0.2) is 77.9 Å². The van der Waals surface area contributed by atoms with Crippen LogP contribution in [0.25, 0.3) is 11.0 Å². The van der Waals surface area contributed by atoms with Crippen LogP contribution >= 0.6 is 0 Å². The lowest BCUT2D eigenvalue weighted by Crippen LogP contribution is -2.26. The van der Waals surface area contributed by atoms with Gasteiger partial charge >= 0.3 is 0 Å². The molecule has 2 aromatic carbocycles. The maximum atomic E-state index is 13.2. The number of ether oxygens (including phenoxy) is 1. The van der Waals surface area contributed by atoms with Gasteiger partial charge < -0.3 is 10.1 Å². The SMILES string of the molecule is CCOc1cccc(CNc2nc3ccncc3n(Cc3ccccc3)c2=O)c1. The van der Waals surface area contributed by atoms with Gasteiger partial charge in [-0.15, -0.1) is 0 Å². The zero-order valence-corrected chi connectivity index (χ0v) is 16.2. The zero-order chi connectivity index (χ0) is 20.1. The van der Waals surface area contributed by atoms with Crippen LogP contribution in [-0.4, -0.2) is 21.1 Å². The van der Waals surface area contributed by atoms with Crippen molar-refractivity contribution in [2.75, 3.05) is 11.9 Å². The van der Waals surface area contributed by atoms with Gasteiger partial charge in [-0.3, -0.25) is 14.3 Å². The standard InChI is InChI=1S/C23H22N4O2/c1-2-29-19-10-6-9-18(13-19)14-25-22-23(28)27(16-17-7-4-3-5-8-17)21-15-24-12-11-20(21)26-22/h3-13,15H,2,14,16H2,1H3,(H,25,26). The Labute approximate surface area is 168 Å². The van der Waals surface area contributed by atoms with E-state index in [2.05, 4.69) is 15.3 Å². The van der Waals surface area contributed by atoms with E-state index in [1.165, 1.54) is 0 Å². The first kappa shape index (κ1) is 18.7. The molecule has 4 rings (SSSR count). The summed E-state index contributed by atoms with van der Waals surface area (Å²) in [5, 5.41) is 3.20. The lowest BCUT2D eigenvalue weighted by atomic mass is 10.2. The van der Waals surface area contributed by atoms with Crippen LogP contribution in [0.5, 0.6) is 5.75 Å². The predicted octanol–water partition coefficient (Wildman–Crippen LogP) is 3.85. The molecule has 0 amide bonds. The molecule has 0 saturated heterocycles. The summed E-state index contributed by atoms with van der Waals surface area (Å²) >= 11 is 0. The second kappa shape index (κ2) is 8.56. The number of nitrogens with one attached hydrogen (secondary N) is 1. The van der Waals surface area contributed by atoms with Crippen LogP contribution in [-0.2, 0) is 13.1 Å². The van der Waals surface area contributed by atoms with E-state index >= 15 is 0 Å². The molecule has 6 heteroatoms. The van der Waals surface area contributed by atoms with Crippen molar-refractivity contribution >= 4 is 16.9 Å². The van der Waals surface area contributed by atoms with E-state index in [0.717, 1.165) is 22.4 Å². The summed E-state index contributed by atoms with van der Waals surface area (Å²) in [6, 6.07) is 19.5. The molecule has 0 saturated carbocycles. The van der Waals surface area contributed by atoms with E-state index in [1.54, 1.807) is 17.0 Å². The second-order valence-electron chi connectivity index (χ2n) is 6.64. The molecule has 0 fully saturated rings. The fraction of sp³-hybridized carbons (Fsp3) is 0.174. The van der Waals surface area contributed by atoms with Crippen molar-refractivity contribution < 1.29 is 4.74 Å². The van der Waals surface area contributed by atoms with E-state index in [-0.39, 0.29) is 5.56 Å². The molecular formula is C23H22N4O2. The molecule has 0 atom stereocenters. The lowest BCUT2D eigenvalue weighted by Gasteiger charge is -2.13. The Balaban J connectivity index is 1.67. The third-order valence-corrected chi connectivity index (χ3v) is 4.60. The average molecular weight is 386 g/mol. The first-order chi connectivity index (χ1) is 14.2. The van der Waals surface area contributed by atoms with Crippen LogP contribution in [0.3, 0.4) is 0 Å². The molecule has 2 aromatic heterocycles. The van der Waals surface area contributed by atoms with Gasteiger partial charge in [0.1, 0.15) is 5.75 Å². The molecule has 4 aromatic rings. The number of nitrogens with zero attached hydrogens (tertiary/aromatic N) is 3. The van der Waals surface area contributed by atoms with Gasteiger partial charge in [0.25, 0.3) is 5.56 Å². The Morgan fingerprint density at radius 2 is 1.86 bits per heavy atom. The van der Waals surface area contributed by atoms with Gasteiger partial charge in [0.05, 0.1) is 30.4 Å². The number of benzene rings is 2. The molecule has 0 spiro atoms. The van der Waals surface area contributed by atoms with Gasteiger partial charge in [0.15, 0.2) is 5.82 Å². The summed E-state index contributed by atoms with van der Waals surface area (Å²) < 4.78 is 7.26. The first-order valence-electron chi connectivity index (χ1n) is 9.58. The zero-order valence-electron chi connectivity index (χ0n) is 16.2. The minimum atomic E-state index is -0.171. The normalized spacial score (nSPS) is 10.8. The van der Waals surface area contributed by atoms with Crippen molar-refractivity contribution in [3.05, 3.63) is 94.5 Å². The van der Waals surface area contributed by atoms with E-state index in [9.17, 15) is 4.79 Å². The maximum Gasteiger partial charge on any atom is 0.294 e. The molecule has 6 nitrogen and oxygen atoms in total. The van der Waals surface area contributed by atoms with Crippen LogP contribution in [0, 0.1) is 0 Å². The fourth-order valence-corrected chi connectivity index (χ4v) is 3.22. The van der Waals surface area contributed by atoms with Gasteiger partial charge in [0, 0.05) is 12.7 Å². The Hall–Kier alpha value is -3.67. The number of hydrogen-bond acceptors (Lipinski definition) is 5. The van der Waals surface area contributed by atoms with E-state index in [1.807, 2.05) is 67.6 Å². The van der Waals surface area contributed by atoms with Crippen LogP contribution in [0.1, 0.15) is 18.1 Å². The van der Waals surface area contributed by atoms with E-state index in [4.69, 9.17) is 4.74 Å². The number of hydrogen-bond donors (Lipinski definition) is 1. The first-order valence-corrected chi connectivity index (χ1v) is 9.58. The van der Waals surface area contributed by atoms with Gasteiger partial charge in [-0.1, -0.05) is 42.5 Å². The third kappa shape index (κ3) is 4.27. The number of anilines is 1. The Bertz CT molecular complexity index is 1170. The Morgan fingerprint density at radius 3 is 2.69 bits per heavy atom. The van der Waals surface area contributed by atoms with Gasteiger partial charge in [0.2, 0.25) is 0 Å². The summed E-state index contributed by atoms with van der Waals surface area (Å²) in [7, 11) is 0. The fourth-order valence-electron chi connectivity index (χ4n) is 3.22. The number of pyridine rings is 1. The van der Waals surface area contributed by atoms with Crippen LogP contribution in [0.2, 0.25) is 0 Å². The van der Waals surface area contributed by atoms with Crippen molar-refractivity contribution in [3.63, 3.8) is 0 Å². The molecule has 0 unspecified atom stereocenters. The largest absolute Gasteiger partial charge is 0.494 e. The molecular weight excluding hydrogens is 364 g/mol. The number of rotatable bonds is 7. The van der Waals surface area contributed by atoms with Gasteiger partial charge in [-0.2, -0.15) is 0 Å². The smallest absolute Gasteiger partial charge is 0.294 e. The second-order valence-corrected chi connectivity index (χ2v) is 6.64. The predicted molar refractivity (Wildman–Crippen MR) is 114 cm³/mol.